The largest absolute Gasteiger partial charge is 0.320 e. The molecule has 0 aliphatic carbocycles. The number of rotatable bonds is 2. The zero-order valence-electron chi connectivity index (χ0n) is 7.04. The first-order valence-electron chi connectivity index (χ1n) is 3.91. The molecule has 0 aromatic carbocycles. The van der Waals surface area contributed by atoms with Gasteiger partial charge in [-0.2, -0.15) is 11.3 Å². The molecule has 74 valence electrons. The zero-order valence-corrected chi connectivity index (χ0v) is 10.2. The van der Waals surface area contributed by atoms with Crippen LogP contribution in [0.3, 0.4) is 0 Å². The average Bonchev–Trinajstić information content (AvgIpc) is 2.73. The van der Waals surface area contributed by atoms with Crippen molar-refractivity contribution in [1.29, 1.82) is 0 Å². The third-order valence-corrected chi connectivity index (χ3v) is 4.14. The fourth-order valence-corrected chi connectivity index (χ4v) is 3.44. The molecule has 0 amide bonds. The molecule has 0 bridgehead atoms. The van der Waals surface area contributed by atoms with Crippen molar-refractivity contribution in [2.75, 3.05) is 0 Å². The average molecular weight is 264 g/mol. The van der Waals surface area contributed by atoms with Gasteiger partial charge in [0.05, 0.1) is 14.7 Å². The second-order valence-corrected chi connectivity index (χ2v) is 5.88. The maximum atomic E-state index is 6.05. The summed E-state index contributed by atoms with van der Waals surface area (Å²) in [6, 6.07) is 3.66. The number of halogens is 2. The summed E-state index contributed by atoms with van der Waals surface area (Å²) in [6.07, 6.45) is 0. The maximum absolute atomic E-state index is 6.05. The molecular formula is C9H7Cl2NS2. The Bertz CT molecular complexity index is 422. The van der Waals surface area contributed by atoms with Crippen molar-refractivity contribution in [3.8, 4) is 0 Å². The van der Waals surface area contributed by atoms with Crippen molar-refractivity contribution < 1.29 is 0 Å². The molecule has 0 spiro atoms. The molecule has 2 aromatic rings. The van der Waals surface area contributed by atoms with Crippen LogP contribution in [0.4, 0.5) is 0 Å². The van der Waals surface area contributed by atoms with Crippen molar-refractivity contribution in [1.82, 2.24) is 0 Å². The van der Waals surface area contributed by atoms with Gasteiger partial charge >= 0.3 is 0 Å². The molecule has 2 rings (SSSR count). The maximum Gasteiger partial charge on any atom is 0.0995 e. The minimum Gasteiger partial charge on any atom is -0.320 e. The van der Waals surface area contributed by atoms with Gasteiger partial charge in [0.15, 0.2) is 0 Å². The van der Waals surface area contributed by atoms with Gasteiger partial charge in [-0.25, -0.2) is 0 Å². The molecule has 0 radical (unpaired) electrons. The summed E-state index contributed by atoms with van der Waals surface area (Å²) in [7, 11) is 0. The van der Waals surface area contributed by atoms with Gasteiger partial charge in [-0.15, -0.1) is 11.3 Å². The van der Waals surface area contributed by atoms with Crippen LogP contribution in [0.1, 0.15) is 17.2 Å². The van der Waals surface area contributed by atoms with Gasteiger partial charge in [0.1, 0.15) is 0 Å². The monoisotopic (exact) mass is 263 g/mol. The highest BCUT2D eigenvalue weighted by Crippen LogP contribution is 2.36. The van der Waals surface area contributed by atoms with E-state index in [2.05, 4.69) is 0 Å². The van der Waals surface area contributed by atoms with E-state index in [1.807, 2.05) is 22.9 Å². The van der Waals surface area contributed by atoms with Crippen LogP contribution in [0.2, 0.25) is 8.67 Å². The quantitative estimate of drug-likeness (QED) is 0.865. The second kappa shape index (κ2) is 4.21. The highest BCUT2D eigenvalue weighted by molar-refractivity contribution is 7.20. The lowest BCUT2D eigenvalue weighted by Crippen LogP contribution is -2.09. The van der Waals surface area contributed by atoms with Crippen LogP contribution in [-0.2, 0) is 0 Å². The van der Waals surface area contributed by atoms with Crippen LogP contribution in [-0.4, -0.2) is 0 Å². The molecule has 14 heavy (non-hydrogen) atoms. The summed E-state index contributed by atoms with van der Waals surface area (Å²) < 4.78 is 1.35. The predicted molar refractivity (Wildman–Crippen MR) is 64.7 cm³/mol. The summed E-state index contributed by atoms with van der Waals surface area (Å²) >= 11 is 14.8. The molecule has 2 N–H and O–H groups in total. The lowest BCUT2D eigenvalue weighted by molar-refractivity contribution is 0.883. The van der Waals surface area contributed by atoms with Gasteiger partial charge in [0, 0.05) is 5.56 Å². The first-order valence-corrected chi connectivity index (χ1v) is 6.42. The number of nitrogens with two attached hydrogens (primary N) is 1. The van der Waals surface area contributed by atoms with Crippen molar-refractivity contribution in [2.45, 2.75) is 6.04 Å². The molecule has 1 atom stereocenters. The minimum atomic E-state index is -0.169. The SMILES string of the molecule is NC(c1ccsc1)c1cc(Cl)sc1Cl. The fraction of sp³-hybridized carbons (Fsp3) is 0.111. The first kappa shape index (κ1) is 10.5. The molecule has 2 heterocycles. The van der Waals surface area contributed by atoms with E-state index in [-0.39, 0.29) is 6.04 Å². The molecule has 0 aliphatic rings. The van der Waals surface area contributed by atoms with E-state index in [1.165, 1.54) is 11.3 Å². The second-order valence-electron chi connectivity index (χ2n) is 2.81. The lowest BCUT2D eigenvalue weighted by atomic mass is 10.1. The number of thiophene rings is 2. The first-order chi connectivity index (χ1) is 6.68. The normalized spacial score (nSPS) is 13.1. The van der Waals surface area contributed by atoms with E-state index in [9.17, 15) is 0 Å². The van der Waals surface area contributed by atoms with E-state index in [0.717, 1.165) is 11.1 Å². The highest BCUT2D eigenvalue weighted by atomic mass is 35.5. The van der Waals surface area contributed by atoms with Crippen molar-refractivity contribution in [2.24, 2.45) is 5.73 Å². The number of hydrogen-bond donors (Lipinski definition) is 1. The summed E-state index contributed by atoms with van der Waals surface area (Å²) in [5.74, 6) is 0. The van der Waals surface area contributed by atoms with Crippen LogP contribution in [0.5, 0.6) is 0 Å². The Morgan fingerprint density at radius 3 is 2.64 bits per heavy atom. The predicted octanol–water partition coefficient (Wildman–Crippen LogP) is 4.16. The van der Waals surface area contributed by atoms with E-state index < -0.39 is 0 Å². The van der Waals surface area contributed by atoms with E-state index in [0.29, 0.717) is 8.67 Å². The summed E-state index contributed by atoms with van der Waals surface area (Å²) in [6.45, 7) is 0. The van der Waals surface area contributed by atoms with Gasteiger partial charge in [-0.1, -0.05) is 23.2 Å². The van der Waals surface area contributed by atoms with Crippen molar-refractivity contribution in [3.05, 3.63) is 42.7 Å². The van der Waals surface area contributed by atoms with E-state index in [1.54, 1.807) is 11.3 Å². The number of hydrogen-bond acceptors (Lipinski definition) is 3. The Morgan fingerprint density at radius 2 is 2.14 bits per heavy atom. The Balaban J connectivity index is 2.36. The molecule has 0 saturated carbocycles. The molecule has 0 saturated heterocycles. The van der Waals surface area contributed by atoms with Crippen LogP contribution in [0, 0.1) is 0 Å². The molecule has 1 unspecified atom stereocenters. The van der Waals surface area contributed by atoms with Crippen LogP contribution >= 0.6 is 45.9 Å². The summed E-state index contributed by atoms with van der Waals surface area (Å²) in [5, 5.41) is 4.02. The smallest absolute Gasteiger partial charge is 0.0995 e. The highest BCUT2D eigenvalue weighted by Gasteiger charge is 2.15. The lowest BCUT2D eigenvalue weighted by Gasteiger charge is -2.07. The van der Waals surface area contributed by atoms with Crippen LogP contribution in [0.25, 0.3) is 0 Å². The topological polar surface area (TPSA) is 26.0 Å². The van der Waals surface area contributed by atoms with E-state index >= 15 is 0 Å². The van der Waals surface area contributed by atoms with Crippen molar-refractivity contribution in [3.63, 3.8) is 0 Å². The van der Waals surface area contributed by atoms with Crippen LogP contribution in [0.15, 0.2) is 22.9 Å². The van der Waals surface area contributed by atoms with Gasteiger partial charge in [0.2, 0.25) is 0 Å². The zero-order chi connectivity index (χ0) is 10.1. The van der Waals surface area contributed by atoms with Gasteiger partial charge in [0.25, 0.3) is 0 Å². The molecule has 0 fully saturated rings. The molecule has 1 nitrogen and oxygen atoms in total. The van der Waals surface area contributed by atoms with Crippen LogP contribution < -0.4 is 5.73 Å². The molecule has 5 heteroatoms. The molecule has 0 aliphatic heterocycles. The third kappa shape index (κ3) is 1.97. The van der Waals surface area contributed by atoms with Gasteiger partial charge in [-0.3, -0.25) is 0 Å². The molecular weight excluding hydrogens is 257 g/mol. The Hall–Kier alpha value is -0.0600. The fourth-order valence-electron chi connectivity index (χ4n) is 1.20. The Kier molecular flexibility index (Phi) is 3.14. The summed E-state index contributed by atoms with van der Waals surface area (Å²) in [5.41, 5.74) is 8.02. The summed E-state index contributed by atoms with van der Waals surface area (Å²) in [4.78, 5) is 0. The third-order valence-electron chi connectivity index (χ3n) is 1.92. The van der Waals surface area contributed by atoms with Crippen molar-refractivity contribution >= 4 is 45.9 Å². The van der Waals surface area contributed by atoms with E-state index in [4.69, 9.17) is 28.9 Å². The Labute approximate surface area is 100 Å². The standard InChI is InChI=1S/C9H7Cl2NS2/c10-7-3-6(9(11)14-7)8(12)5-1-2-13-4-5/h1-4,8H,12H2. The minimum absolute atomic E-state index is 0.169. The molecule has 2 aromatic heterocycles. The Morgan fingerprint density at radius 1 is 1.36 bits per heavy atom. The van der Waals surface area contributed by atoms with Gasteiger partial charge in [-0.05, 0) is 28.5 Å². The van der Waals surface area contributed by atoms with Gasteiger partial charge < -0.3 is 5.73 Å².